The number of benzene rings is 1. The number of aryl methyl sites for hydroxylation is 2. The van der Waals surface area contributed by atoms with Gasteiger partial charge < -0.3 is 18.8 Å². The minimum Gasteiger partial charge on any atom is -0.464 e. The Morgan fingerprint density at radius 3 is 2.88 bits per heavy atom. The maximum absolute atomic E-state index is 12.5. The summed E-state index contributed by atoms with van der Waals surface area (Å²) in [4.78, 5) is 14.2. The maximum atomic E-state index is 12.5. The first-order valence-electron chi connectivity index (χ1n) is 8.06. The van der Waals surface area contributed by atoms with Crippen LogP contribution < -0.4 is 0 Å². The zero-order valence-corrected chi connectivity index (χ0v) is 15.0. The molecule has 0 saturated carbocycles. The molecule has 6 heteroatoms. The molecule has 0 aliphatic carbocycles. The molecule has 1 fully saturated rings. The molecular weight excluding hydrogens is 330 g/mol. The monoisotopic (exact) mass is 351 g/mol. The molecule has 5 nitrogen and oxygen atoms in total. The second-order valence-corrected chi connectivity index (χ2v) is 6.66. The molecule has 1 saturated heterocycles. The van der Waals surface area contributed by atoms with E-state index in [1.54, 1.807) is 18.2 Å². The molecule has 130 valence electrons. The van der Waals surface area contributed by atoms with Gasteiger partial charge in [0, 0.05) is 29.6 Å². The van der Waals surface area contributed by atoms with E-state index in [9.17, 15) is 4.79 Å². The van der Waals surface area contributed by atoms with Gasteiger partial charge in [0.1, 0.15) is 5.58 Å². The van der Waals surface area contributed by atoms with Crippen molar-refractivity contribution in [3.63, 3.8) is 0 Å². The van der Waals surface area contributed by atoms with Crippen LogP contribution >= 0.6 is 11.6 Å². The molecule has 0 N–H and O–H groups in total. The first-order chi connectivity index (χ1) is 11.5. The standard InChI is InChI=1S/C18H22ClNO4/c1-11-6-15-17(12(2)18(11)19)13(9-24-15)7-16(21)20(3)8-14-10-22-4-5-23-14/h6,9,14H,4-5,7-8,10H2,1-3H3/t14-/m0/s1. The van der Waals surface area contributed by atoms with Crippen LogP contribution in [0.4, 0.5) is 0 Å². The van der Waals surface area contributed by atoms with E-state index < -0.39 is 0 Å². The summed E-state index contributed by atoms with van der Waals surface area (Å²) in [5.41, 5.74) is 3.56. The fraction of sp³-hybridized carbons (Fsp3) is 0.500. The van der Waals surface area contributed by atoms with Crippen molar-refractivity contribution in [1.29, 1.82) is 0 Å². The number of halogens is 1. The van der Waals surface area contributed by atoms with Crippen LogP contribution in [-0.2, 0) is 20.7 Å². The number of fused-ring (bicyclic) bond motifs is 1. The minimum atomic E-state index is -0.0624. The Hall–Kier alpha value is -1.56. The smallest absolute Gasteiger partial charge is 0.226 e. The fourth-order valence-corrected chi connectivity index (χ4v) is 3.23. The molecule has 2 heterocycles. The lowest BCUT2D eigenvalue weighted by atomic mass is 10.0. The van der Waals surface area contributed by atoms with Gasteiger partial charge in [-0.2, -0.15) is 0 Å². The summed E-state index contributed by atoms with van der Waals surface area (Å²) >= 11 is 6.35. The predicted octanol–water partition coefficient (Wildman–Crippen LogP) is 3.12. The topological polar surface area (TPSA) is 51.9 Å². The number of carbonyl (C=O) groups is 1. The van der Waals surface area contributed by atoms with Gasteiger partial charge in [-0.25, -0.2) is 0 Å². The summed E-state index contributed by atoms with van der Waals surface area (Å²) in [5.74, 6) is 0.0166. The zero-order valence-electron chi connectivity index (χ0n) is 14.2. The summed E-state index contributed by atoms with van der Waals surface area (Å²) in [6, 6.07) is 1.91. The van der Waals surface area contributed by atoms with Gasteiger partial charge in [-0.05, 0) is 31.0 Å². The van der Waals surface area contributed by atoms with Gasteiger partial charge in [-0.1, -0.05) is 11.6 Å². The average molecular weight is 352 g/mol. The van der Waals surface area contributed by atoms with Crippen molar-refractivity contribution in [1.82, 2.24) is 4.90 Å². The maximum Gasteiger partial charge on any atom is 0.226 e. The molecule has 0 unspecified atom stereocenters. The lowest BCUT2D eigenvalue weighted by Gasteiger charge is -2.27. The Kier molecular flexibility index (Phi) is 5.13. The predicted molar refractivity (Wildman–Crippen MR) is 92.6 cm³/mol. The summed E-state index contributed by atoms with van der Waals surface area (Å²) in [6.45, 7) is 6.15. The highest BCUT2D eigenvalue weighted by atomic mass is 35.5. The normalized spacial score (nSPS) is 18.1. The van der Waals surface area contributed by atoms with Crippen molar-refractivity contribution in [3.05, 3.63) is 34.0 Å². The molecule has 24 heavy (non-hydrogen) atoms. The Morgan fingerprint density at radius 2 is 2.17 bits per heavy atom. The van der Waals surface area contributed by atoms with E-state index in [2.05, 4.69) is 0 Å². The van der Waals surface area contributed by atoms with E-state index in [-0.39, 0.29) is 18.4 Å². The fourth-order valence-electron chi connectivity index (χ4n) is 3.09. The molecule has 0 bridgehead atoms. The van der Waals surface area contributed by atoms with Gasteiger partial charge in [-0.3, -0.25) is 4.79 Å². The summed E-state index contributed by atoms with van der Waals surface area (Å²) < 4.78 is 16.6. The van der Waals surface area contributed by atoms with E-state index in [0.717, 1.165) is 32.7 Å². The largest absolute Gasteiger partial charge is 0.464 e. The molecule has 0 spiro atoms. The lowest BCUT2D eigenvalue weighted by molar-refractivity contribution is -0.135. The summed E-state index contributed by atoms with van der Waals surface area (Å²) in [6.07, 6.45) is 1.86. The van der Waals surface area contributed by atoms with Crippen LogP contribution in [-0.4, -0.2) is 50.3 Å². The van der Waals surface area contributed by atoms with Crippen LogP contribution in [0.2, 0.25) is 5.02 Å². The number of hydrogen-bond donors (Lipinski definition) is 0. The SMILES string of the molecule is Cc1cc2occ(CC(=O)N(C)C[C@H]3COCCO3)c2c(C)c1Cl. The third kappa shape index (κ3) is 3.43. The van der Waals surface area contributed by atoms with Gasteiger partial charge in [0.05, 0.1) is 38.6 Å². The number of nitrogens with zero attached hydrogens (tertiary/aromatic N) is 1. The molecule has 1 aliphatic heterocycles. The molecule has 1 aliphatic rings. The average Bonchev–Trinajstić information content (AvgIpc) is 2.96. The molecule has 1 amide bonds. The minimum absolute atomic E-state index is 0.0166. The molecular formula is C18H22ClNO4. The van der Waals surface area contributed by atoms with Crippen molar-refractivity contribution in [2.24, 2.45) is 0 Å². The van der Waals surface area contributed by atoms with Crippen molar-refractivity contribution >= 4 is 28.5 Å². The van der Waals surface area contributed by atoms with Crippen molar-refractivity contribution in [2.75, 3.05) is 33.4 Å². The Bertz CT molecular complexity index is 749. The highest BCUT2D eigenvalue weighted by Crippen LogP contribution is 2.32. The van der Waals surface area contributed by atoms with Gasteiger partial charge in [0.25, 0.3) is 0 Å². The second kappa shape index (κ2) is 7.13. The summed E-state index contributed by atoms with van der Waals surface area (Å²) in [7, 11) is 1.78. The lowest BCUT2D eigenvalue weighted by Crippen LogP contribution is -2.41. The van der Waals surface area contributed by atoms with Gasteiger partial charge >= 0.3 is 0 Å². The molecule has 0 radical (unpaired) electrons. The molecule has 1 aromatic carbocycles. The quantitative estimate of drug-likeness (QED) is 0.849. The Morgan fingerprint density at radius 1 is 1.38 bits per heavy atom. The highest BCUT2D eigenvalue weighted by molar-refractivity contribution is 6.33. The highest BCUT2D eigenvalue weighted by Gasteiger charge is 2.21. The number of carbonyl (C=O) groups excluding carboxylic acids is 1. The Labute approximate surface area is 146 Å². The van der Waals surface area contributed by atoms with Gasteiger partial charge in [0.2, 0.25) is 5.91 Å². The first kappa shape index (κ1) is 17.3. The Balaban J connectivity index is 1.74. The van der Waals surface area contributed by atoms with Crippen LogP contribution in [0.15, 0.2) is 16.7 Å². The van der Waals surface area contributed by atoms with Crippen LogP contribution in [0.5, 0.6) is 0 Å². The van der Waals surface area contributed by atoms with Gasteiger partial charge in [-0.15, -0.1) is 0 Å². The van der Waals surface area contributed by atoms with Crippen LogP contribution in [0.3, 0.4) is 0 Å². The van der Waals surface area contributed by atoms with Gasteiger partial charge in [0.15, 0.2) is 0 Å². The number of amides is 1. The van der Waals surface area contributed by atoms with Crippen molar-refractivity contribution < 1.29 is 18.7 Å². The molecule has 1 aromatic heterocycles. The van der Waals surface area contributed by atoms with E-state index >= 15 is 0 Å². The second-order valence-electron chi connectivity index (χ2n) is 6.29. The third-order valence-electron chi connectivity index (χ3n) is 4.42. The zero-order chi connectivity index (χ0) is 17.3. The summed E-state index contributed by atoms with van der Waals surface area (Å²) in [5, 5.41) is 1.66. The number of ether oxygens (including phenoxy) is 2. The van der Waals surface area contributed by atoms with Crippen LogP contribution in [0.1, 0.15) is 16.7 Å². The van der Waals surface area contributed by atoms with E-state index in [1.165, 1.54) is 0 Å². The number of rotatable bonds is 4. The number of hydrogen-bond acceptors (Lipinski definition) is 4. The van der Waals surface area contributed by atoms with Crippen LogP contribution in [0.25, 0.3) is 11.0 Å². The molecule has 1 atom stereocenters. The number of furan rings is 1. The van der Waals surface area contributed by atoms with Crippen molar-refractivity contribution in [3.8, 4) is 0 Å². The van der Waals surface area contributed by atoms with E-state index in [1.807, 2.05) is 19.9 Å². The number of likely N-dealkylation sites (N-methyl/N-ethyl adjacent to an activating group) is 1. The van der Waals surface area contributed by atoms with E-state index in [4.69, 9.17) is 25.5 Å². The third-order valence-corrected chi connectivity index (χ3v) is 5.01. The molecule has 2 aromatic rings. The van der Waals surface area contributed by atoms with Crippen molar-refractivity contribution in [2.45, 2.75) is 26.4 Å². The first-order valence-corrected chi connectivity index (χ1v) is 8.44. The van der Waals surface area contributed by atoms with Crippen LogP contribution in [0, 0.1) is 13.8 Å². The molecule has 3 rings (SSSR count). The van der Waals surface area contributed by atoms with E-state index in [0.29, 0.717) is 26.4 Å².